The van der Waals surface area contributed by atoms with E-state index in [0.717, 1.165) is 34.6 Å². The van der Waals surface area contributed by atoms with Gasteiger partial charge in [-0.15, -0.1) is 11.3 Å². The van der Waals surface area contributed by atoms with E-state index in [1.54, 1.807) is 30.6 Å². The van der Waals surface area contributed by atoms with Gasteiger partial charge in [-0.25, -0.2) is 4.68 Å². The molecule has 7 heteroatoms. The number of aromatic nitrogens is 1. The number of thiazole rings is 1. The molecule has 3 aromatic rings. The Kier molecular flexibility index (Phi) is 6.42. The van der Waals surface area contributed by atoms with E-state index < -0.39 is 0 Å². The highest BCUT2D eigenvalue weighted by Gasteiger charge is 2.16. The van der Waals surface area contributed by atoms with Crippen LogP contribution in [0.4, 0.5) is 0 Å². The van der Waals surface area contributed by atoms with Crippen LogP contribution in [0.1, 0.15) is 44.6 Å². The number of phenols is 2. The van der Waals surface area contributed by atoms with Gasteiger partial charge >= 0.3 is 0 Å². The molecule has 2 aromatic carbocycles. The van der Waals surface area contributed by atoms with Gasteiger partial charge in [-0.05, 0) is 44.0 Å². The molecule has 4 rings (SSSR count). The highest BCUT2D eigenvalue weighted by Crippen LogP contribution is 2.31. The Balaban J connectivity index is 1.87. The van der Waals surface area contributed by atoms with Gasteiger partial charge in [0.25, 0.3) is 0 Å². The number of rotatable bonds is 5. The molecule has 162 valence electrons. The molecule has 31 heavy (non-hydrogen) atoms. The van der Waals surface area contributed by atoms with Gasteiger partial charge in [0.1, 0.15) is 17.2 Å². The molecule has 0 saturated heterocycles. The summed E-state index contributed by atoms with van der Waals surface area (Å²) in [7, 11) is 1.66. The van der Waals surface area contributed by atoms with Crippen molar-refractivity contribution in [1.82, 2.24) is 4.68 Å². The van der Waals surface area contributed by atoms with Gasteiger partial charge in [0.15, 0.2) is 0 Å². The van der Waals surface area contributed by atoms with Crippen molar-refractivity contribution in [3.05, 3.63) is 58.2 Å². The van der Waals surface area contributed by atoms with Crippen LogP contribution in [-0.4, -0.2) is 33.8 Å². The molecule has 0 amide bonds. The lowest BCUT2D eigenvalue weighted by Crippen LogP contribution is -2.19. The molecular formula is C24H27N3O3S. The van der Waals surface area contributed by atoms with Crippen molar-refractivity contribution in [3.8, 4) is 28.5 Å². The van der Waals surface area contributed by atoms with Crippen LogP contribution in [0.3, 0.4) is 0 Å². The Bertz CT molecular complexity index is 1160. The van der Waals surface area contributed by atoms with Crippen molar-refractivity contribution in [2.45, 2.75) is 45.1 Å². The summed E-state index contributed by atoms with van der Waals surface area (Å²) in [5.74, 6) is 0.764. The van der Waals surface area contributed by atoms with Gasteiger partial charge in [-0.3, -0.25) is 4.99 Å². The zero-order chi connectivity index (χ0) is 21.8. The fourth-order valence-corrected chi connectivity index (χ4v) is 4.82. The third-order valence-electron chi connectivity index (χ3n) is 5.56. The number of benzene rings is 2. The second kappa shape index (κ2) is 9.39. The van der Waals surface area contributed by atoms with E-state index >= 15 is 0 Å². The second-order valence-electron chi connectivity index (χ2n) is 7.72. The molecule has 0 aliphatic heterocycles. The molecule has 1 fully saturated rings. The van der Waals surface area contributed by atoms with Crippen LogP contribution in [0.2, 0.25) is 0 Å². The summed E-state index contributed by atoms with van der Waals surface area (Å²) in [5, 5.41) is 26.8. The number of ether oxygens (including phenoxy) is 1. The number of hydrogen-bond acceptors (Lipinski definition) is 6. The van der Waals surface area contributed by atoms with Gasteiger partial charge in [0.05, 0.1) is 24.6 Å². The second-order valence-corrected chi connectivity index (χ2v) is 8.56. The van der Waals surface area contributed by atoms with Crippen LogP contribution < -0.4 is 9.54 Å². The Morgan fingerprint density at radius 2 is 1.87 bits per heavy atom. The summed E-state index contributed by atoms with van der Waals surface area (Å²) in [6.07, 6.45) is 5.90. The maximum atomic E-state index is 10.3. The van der Waals surface area contributed by atoms with Crippen molar-refractivity contribution >= 4 is 17.0 Å². The average molecular weight is 438 g/mol. The number of hydrogen-bond donors (Lipinski definition) is 2. The molecule has 1 saturated carbocycles. The summed E-state index contributed by atoms with van der Waals surface area (Å²) in [6.45, 7) is 1.84. The normalized spacial score (nSPS) is 15.9. The first kappa shape index (κ1) is 21.2. The molecule has 1 aromatic heterocycles. The van der Waals surface area contributed by atoms with Crippen molar-refractivity contribution in [3.63, 3.8) is 0 Å². The molecular weight excluding hydrogens is 410 g/mol. The van der Waals surface area contributed by atoms with E-state index in [2.05, 4.69) is 0 Å². The molecule has 1 aliphatic carbocycles. The van der Waals surface area contributed by atoms with Crippen molar-refractivity contribution in [1.29, 1.82) is 0 Å². The minimum Gasteiger partial charge on any atom is -0.508 e. The fraction of sp³-hybridized carbons (Fsp3) is 0.333. The molecule has 1 aliphatic rings. The lowest BCUT2D eigenvalue weighted by Gasteiger charge is -2.17. The first-order valence-corrected chi connectivity index (χ1v) is 11.4. The van der Waals surface area contributed by atoms with Crippen molar-refractivity contribution in [2.75, 3.05) is 7.11 Å². The minimum absolute atomic E-state index is 0.0123. The molecule has 0 atom stereocenters. The maximum absolute atomic E-state index is 10.3. The summed E-state index contributed by atoms with van der Waals surface area (Å²) < 4.78 is 7.43. The molecule has 6 nitrogen and oxygen atoms in total. The predicted octanol–water partition coefficient (Wildman–Crippen LogP) is 5.14. The number of methoxy groups -OCH3 is 1. The standard InChI is InChI=1S/C24H27N3O3S/c1-16(19-13-12-18(28)14-22(19)29)26-27-21(20-10-6-7-11-23(20)30-2)15-31-24(27)25-17-8-4-3-5-9-17/h6-7,10-15,17,28-29H,3-5,8-9H2,1-2H3. The quantitative estimate of drug-likeness (QED) is 0.542. The SMILES string of the molecule is COc1ccccc1-c1csc(=NC2CCCCC2)n1N=C(C)c1ccc(O)cc1O. The lowest BCUT2D eigenvalue weighted by molar-refractivity contribution is 0.416. The average Bonchev–Trinajstić information content (AvgIpc) is 3.16. The van der Waals surface area contributed by atoms with Gasteiger partial charge in [-0.2, -0.15) is 5.10 Å². The van der Waals surface area contributed by atoms with E-state index in [9.17, 15) is 10.2 Å². The molecule has 0 radical (unpaired) electrons. The van der Waals surface area contributed by atoms with Crippen LogP contribution in [0, 0.1) is 0 Å². The van der Waals surface area contributed by atoms with E-state index in [4.69, 9.17) is 14.8 Å². The molecule has 0 spiro atoms. The Hall–Kier alpha value is -3.06. The summed E-state index contributed by atoms with van der Waals surface area (Å²) in [4.78, 5) is 5.86. The summed E-state index contributed by atoms with van der Waals surface area (Å²) in [5.41, 5.74) is 3.00. The molecule has 1 heterocycles. The van der Waals surface area contributed by atoms with E-state index in [1.807, 2.05) is 41.2 Å². The van der Waals surface area contributed by atoms with Crippen molar-refractivity contribution < 1.29 is 14.9 Å². The van der Waals surface area contributed by atoms with Gasteiger partial charge in [0.2, 0.25) is 4.80 Å². The highest BCUT2D eigenvalue weighted by atomic mass is 32.1. The van der Waals surface area contributed by atoms with Gasteiger partial charge in [0, 0.05) is 22.6 Å². The van der Waals surface area contributed by atoms with Crippen LogP contribution in [0.5, 0.6) is 17.2 Å². The molecule has 0 unspecified atom stereocenters. The van der Waals surface area contributed by atoms with E-state index in [1.165, 1.54) is 25.3 Å². The van der Waals surface area contributed by atoms with E-state index in [0.29, 0.717) is 17.3 Å². The van der Waals surface area contributed by atoms with Crippen LogP contribution in [-0.2, 0) is 0 Å². The molecule has 2 N–H and O–H groups in total. The third-order valence-corrected chi connectivity index (χ3v) is 6.39. The third kappa shape index (κ3) is 4.66. The monoisotopic (exact) mass is 437 g/mol. The van der Waals surface area contributed by atoms with Gasteiger partial charge in [-0.1, -0.05) is 31.4 Å². The maximum Gasteiger partial charge on any atom is 0.206 e. The first-order valence-electron chi connectivity index (χ1n) is 10.5. The Morgan fingerprint density at radius 3 is 2.61 bits per heavy atom. The summed E-state index contributed by atoms with van der Waals surface area (Å²) >= 11 is 1.56. The zero-order valence-corrected chi connectivity index (χ0v) is 18.6. The number of phenolic OH excluding ortho intramolecular Hbond substituents is 2. The number of nitrogens with zero attached hydrogens (tertiary/aromatic N) is 3. The van der Waals surface area contributed by atoms with Crippen LogP contribution >= 0.6 is 11.3 Å². The minimum atomic E-state index is -0.0123. The molecule has 0 bridgehead atoms. The summed E-state index contributed by atoms with van der Waals surface area (Å²) in [6, 6.07) is 12.7. The first-order chi connectivity index (χ1) is 15.1. The highest BCUT2D eigenvalue weighted by molar-refractivity contribution is 7.07. The predicted molar refractivity (Wildman–Crippen MR) is 124 cm³/mol. The lowest BCUT2D eigenvalue weighted by atomic mass is 9.96. The Labute approximate surface area is 185 Å². The van der Waals surface area contributed by atoms with E-state index in [-0.39, 0.29) is 11.5 Å². The smallest absolute Gasteiger partial charge is 0.206 e. The number of para-hydroxylation sites is 1. The van der Waals surface area contributed by atoms with Gasteiger partial charge < -0.3 is 14.9 Å². The fourth-order valence-electron chi connectivity index (χ4n) is 3.92. The largest absolute Gasteiger partial charge is 0.508 e. The Morgan fingerprint density at radius 1 is 1.10 bits per heavy atom. The topological polar surface area (TPSA) is 79.3 Å². The van der Waals surface area contributed by atoms with Crippen molar-refractivity contribution in [2.24, 2.45) is 10.1 Å². The number of aromatic hydroxyl groups is 2. The zero-order valence-electron chi connectivity index (χ0n) is 17.8. The van der Waals surface area contributed by atoms with Crippen LogP contribution in [0.15, 0.2) is 57.9 Å². The van der Waals surface area contributed by atoms with Crippen LogP contribution in [0.25, 0.3) is 11.3 Å².